The summed E-state index contributed by atoms with van der Waals surface area (Å²) in [5.74, 6) is 1.34. The van der Waals surface area contributed by atoms with Gasteiger partial charge in [0.1, 0.15) is 5.75 Å². The third kappa shape index (κ3) is 5.13. The van der Waals surface area contributed by atoms with Gasteiger partial charge in [-0.2, -0.15) is 0 Å². The highest BCUT2D eigenvalue weighted by Crippen LogP contribution is 2.22. The highest BCUT2D eigenvalue weighted by molar-refractivity contribution is 8.00. The van der Waals surface area contributed by atoms with Gasteiger partial charge >= 0.3 is 0 Å². The smallest absolute Gasteiger partial charge is 0.230 e. The van der Waals surface area contributed by atoms with Crippen molar-refractivity contribution in [3.63, 3.8) is 0 Å². The molecule has 0 radical (unpaired) electrons. The Bertz CT molecular complexity index is 368. The average Bonchev–Trinajstić information content (AvgIpc) is 2.36. The molecule has 0 saturated heterocycles. The fourth-order valence-corrected chi connectivity index (χ4v) is 2.01. The first-order valence-electron chi connectivity index (χ1n) is 5.72. The van der Waals surface area contributed by atoms with Gasteiger partial charge in [-0.25, -0.2) is 0 Å². The Hall–Kier alpha value is -1.16. The standard InChI is InChI=1S/C13H19NO2S/c1-4-10(2)14-13(15)9-17-12-7-5-6-11(8-12)16-3/h5-8,10H,4,9H2,1-3H3,(H,14,15). The van der Waals surface area contributed by atoms with Crippen LogP contribution in [0.25, 0.3) is 0 Å². The minimum Gasteiger partial charge on any atom is -0.497 e. The van der Waals surface area contributed by atoms with Crippen LogP contribution >= 0.6 is 11.8 Å². The minimum absolute atomic E-state index is 0.0761. The molecule has 3 nitrogen and oxygen atoms in total. The number of benzene rings is 1. The summed E-state index contributed by atoms with van der Waals surface area (Å²) in [4.78, 5) is 12.6. The van der Waals surface area contributed by atoms with E-state index < -0.39 is 0 Å². The molecule has 1 unspecified atom stereocenters. The summed E-state index contributed by atoms with van der Waals surface area (Å²) < 4.78 is 5.13. The molecule has 0 aliphatic rings. The number of amides is 1. The molecular weight excluding hydrogens is 234 g/mol. The van der Waals surface area contributed by atoms with Gasteiger partial charge in [0.2, 0.25) is 5.91 Å². The molecule has 1 aromatic carbocycles. The first-order chi connectivity index (χ1) is 8.15. The van der Waals surface area contributed by atoms with Crippen LogP contribution in [-0.2, 0) is 4.79 Å². The molecule has 1 N–H and O–H groups in total. The Morgan fingerprint density at radius 2 is 2.29 bits per heavy atom. The van der Waals surface area contributed by atoms with Crippen molar-refractivity contribution in [1.29, 1.82) is 0 Å². The van der Waals surface area contributed by atoms with Crippen LogP contribution in [0.2, 0.25) is 0 Å². The molecule has 0 aliphatic carbocycles. The van der Waals surface area contributed by atoms with Crippen LogP contribution in [0, 0.1) is 0 Å². The van der Waals surface area contributed by atoms with Crippen LogP contribution in [0.5, 0.6) is 5.75 Å². The first-order valence-corrected chi connectivity index (χ1v) is 6.70. The van der Waals surface area contributed by atoms with Crippen molar-refractivity contribution < 1.29 is 9.53 Å². The molecule has 94 valence electrons. The average molecular weight is 253 g/mol. The largest absolute Gasteiger partial charge is 0.497 e. The van der Waals surface area contributed by atoms with E-state index in [1.807, 2.05) is 31.2 Å². The maximum Gasteiger partial charge on any atom is 0.230 e. The molecule has 17 heavy (non-hydrogen) atoms. The lowest BCUT2D eigenvalue weighted by Gasteiger charge is -2.11. The van der Waals surface area contributed by atoms with Crippen LogP contribution in [0.4, 0.5) is 0 Å². The Balaban J connectivity index is 2.41. The third-order valence-electron chi connectivity index (χ3n) is 2.43. The van der Waals surface area contributed by atoms with E-state index in [1.54, 1.807) is 7.11 Å². The summed E-state index contributed by atoms with van der Waals surface area (Å²) in [5, 5.41) is 2.94. The van der Waals surface area contributed by atoms with Crippen LogP contribution in [-0.4, -0.2) is 24.8 Å². The maximum atomic E-state index is 11.6. The van der Waals surface area contributed by atoms with Gasteiger partial charge in [-0.05, 0) is 31.5 Å². The molecule has 1 atom stereocenters. The molecule has 0 fully saturated rings. The second kappa shape index (κ2) is 7.22. The quantitative estimate of drug-likeness (QED) is 0.792. The van der Waals surface area contributed by atoms with Crippen LogP contribution < -0.4 is 10.1 Å². The van der Waals surface area contributed by atoms with Gasteiger partial charge in [0.25, 0.3) is 0 Å². The highest BCUT2D eigenvalue weighted by atomic mass is 32.2. The second-order valence-electron chi connectivity index (χ2n) is 3.84. The summed E-state index contributed by atoms with van der Waals surface area (Å²) >= 11 is 1.52. The summed E-state index contributed by atoms with van der Waals surface area (Å²) in [7, 11) is 1.64. The molecule has 4 heteroatoms. The molecule has 0 bridgehead atoms. The van der Waals surface area contributed by atoms with E-state index in [1.165, 1.54) is 11.8 Å². The van der Waals surface area contributed by atoms with Gasteiger partial charge < -0.3 is 10.1 Å². The molecule has 0 saturated carbocycles. The topological polar surface area (TPSA) is 38.3 Å². The molecule has 1 amide bonds. The lowest BCUT2D eigenvalue weighted by molar-refractivity contribution is -0.119. The van der Waals surface area contributed by atoms with Crippen LogP contribution in [0.15, 0.2) is 29.2 Å². The third-order valence-corrected chi connectivity index (χ3v) is 3.42. The van der Waals surface area contributed by atoms with E-state index in [-0.39, 0.29) is 11.9 Å². The predicted molar refractivity (Wildman–Crippen MR) is 71.6 cm³/mol. The van der Waals surface area contributed by atoms with Crippen LogP contribution in [0.1, 0.15) is 20.3 Å². The normalized spacial score (nSPS) is 11.9. The van der Waals surface area contributed by atoms with Gasteiger partial charge in [0, 0.05) is 10.9 Å². The molecule has 0 aromatic heterocycles. The number of hydrogen-bond acceptors (Lipinski definition) is 3. The summed E-state index contributed by atoms with van der Waals surface area (Å²) in [6.07, 6.45) is 0.954. The van der Waals surface area contributed by atoms with Crippen molar-refractivity contribution in [2.75, 3.05) is 12.9 Å². The molecule has 1 aromatic rings. The van der Waals surface area contributed by atoms with Gasteiger partial charge in [0.15, 0.2) is 0 Å². The van der Waals surface area contributed by atoms with Crippen molar-refractivity contribution in [1.82, 2.24) is 5.32 Å². The number of thioether (sulfide) groups is 1. The highest BCUT2D eigenvalue weighted by Gasteiger charge is 2.06. The van der Waals surface area contributed by atoms with E-state index >= 15 is 0 Å². The summed E-state index contributed by atoms with van der Waals surface area (Å²) in [6.45, 7) is 4.06. The summed E-state index contributed by atoms with van der Waals surface area (Å²) in [5.41, 5.74) is 0. The Labute approximate surface area is 107 Å². The van der Waals surface area contributed by atoms with E-state index in [0.717, 1.165) is 17.1 Å². The van der Waals surface area contributed by atoms with Gasteiger partial charge in [-0.3, -0.25) is 4.79 Å². The Morgan fingerprint density at radius 3 is 2.94 bits per heavy atom. The fourth-order valence-electron chi connectivity index (χ4n) is 1.26. The van der Waals surface area contributed by atoms with Crippen LogP contribution in [0.3, 0.4) is 0 Å². The van der Waals surface area contributed by atoms with Crippen molar-refractivity contribution in [2.24, 2.45) is 0 Å². The van der Waals surface area contributed by atoms with Gasteiger partial charge in [-0.1, -0.05) is 13.0 Å². The molecule has 0 heterocycles. The molecule has 0 aliphatic heterocycles. The zero-order chi connectivity index (χ0) is 12.7. The first kappa shape index (κ1) is 13.9. The second-order valence-corrected chi connectivity index (χ2v) is 4.89. The van der Waals surface area contributed by atoms with E-state index in [4.69, 9.17) is 4.74 Å². The van der Waals surface area contributed by atoms with Crippen molar-refractivity contribution in [3.05, 3.63) is 24.3 Å². The van der Waals surface area contributed by atoms with E-state index in [2.05, 4.69) is 12.2 Å². The zero-order valence-corrected chi connectivity index (χ0v) is 11.3. The Kier molecular flexibility index (Phi) is 5.91. The molecule has 0 spiro atoms. The van der Waals surface area contributed by atoms with Crippen molar-refractivity contribution >= 4 is 17.7 Å². The lowest BCUT2D eigenvalue weighted by atomic mass is 10.3. The molecule has 1 rings (SSSR count). The predicted octanol–water partition coefficient (Wildman–Crippen LogP) is 2.70. The van der Waals surface area contributed by atoms with E-state index in [9.17, 15) is 4.79 Å². The maximum absolute atomic E-state index is 11.6. The summed E-state index contributed by atoms with van der Waals surface area (Å²) in [6, 6.07) is 7.97. The SMILES string of the molecule is CCC(C)NC(=O)CSc1cccc(OC)c1. The van der Waals surface area contributed by atoms with Crippen molar-refractivity contribution in [2.45, 2.75) is 31.2 Å². The number of hydrogen-bond donors (Lipinski definition) is 1. The lowest BCUT2D eigenvalue weighted by Crippen LogP contribution is -2.33. The van der Waals surface area contributed by atoms with Gasteiger partial charge in [0.05, 0.1) is 12.9 Å². The Morgan fingerprint density at radius 1 is 1.53 bits per heavy atom. The number of nitrogens with one attached hydrogen (secondary N) is 1. The number of ether oxygens (including phenoxy) is 1. The zero-order valence-electron chi connectivity index (χ0n) is 10.5. The van der Waals surface area contributed by atoms with Crippen molar-refractivity contribution in [3.8, 4) is 5.75 Å². The number of methoxy groups -OCH3 is 1. The number of carbonyl (C=O) groups is 1. The van der Waals surface area contributed by atoms with E-state index in [0.29, 0.717) is 5.75 Å². The fraction of sp³-hybridized carbons (Fsp3) is 0.462. The molecular formula is C13H19NO2S. The van der Waals surface area contributed by atoms with Gasteiger partial charge in [-0.15, -0.1) is 11.8 Å². The number of carbonyl (C=O) groups excluding carboxylic acids is 1. The minimum atomic E-state index is 0.0761. The monoisotopic (exact) mass is 253 g/mol. The number of rotatable bonds is 6.